The van der Waals surface area contributed by atoms with Crippen molar-refractivity contribution in [3.8, 4) is 0 Å². The second kappa shape index (κ2) is 8.62. The number of hydrogen-bond acceptors (Lipinski definition) is 5. The Bertz CT molecular complexity index is 1070. The fourth-order valence-electron chi connectivity index (χ4n) is 7.92. The number of benzene rings is 1. The number of hydrogen-bond donors (Lipinski definition) is 1. The van der Waals surface area contributed by atoms with Gasteiger partial charge in [-0.15, -0.1) is 0 Å². The number of allylic oxidation sites excluding steroid dienone is 2. The fourth-order valence-corrected chi connectivity index (χ4v) is 7.92. The van der Waals surface area contributed by atoms with Crippen molar-refractivity contribution >= 4 is 11.9 Å². The van der Waals surface area contributed by atoms with Crippen LogP contribution in [0.3, 0.4) is 0 Å². The van der Waals surface area contributed by atoms with Gasteiger partial charge in [0.1, 0.15) is 6.10 Å². The summed E-state index contributed by atoms with van der Waals surface area (Å²) in [5.74, 6) is 0.139. The largest absolute Gasteiger partial charge is 0.469 e. The molecule has 5 rings (SSSR count). The summed E-state index contributed by atoms with van der Waals surface area (Å²) in [7, 11) is 1.48. The Balaban J connectivity index is 1.37. The SMILES string of the molecule is COC(=O)C(C)C1CCC2C3=CCC4(O)CC(OC(=O)c5ccccc5)CCC4(C)C3=CCC21C. The normalized spacial score (nSPS) is 38.7. The van der Waals surface area contributed by atoms with Gasteiger partial charge in [-0.2, -0.15) is 0 Å². The maximum atomic E-state index is 12.6. The van der Waals surface area contributed by atoms with Crippen LogP contribution in [0.5, 0.6) is 0 Å². The molecule has 1 N–H and O–H groups in total. The van der Waals surface area contributed by atoms with Crippen molar-refractivity contribution in [2.45, 2.75) is 77.4 Å². The van der Waals surface area contributed by atoms with Crippen LogP contribution in [0.25, 0.3) is 0 Å². The third-order valence-electron chi connectivity index (χ3n) is 10.1. The summed E-state index contributed by atoms with van der Waals surface area (Å²) in [6, 6.07) is 9.07. The summed E-state index contributed by atoms with van der Waals surface area (Å²) in [5, 5.41) is 12.0. The van der Waals surface area contributed by atoms with Crippen molar-refractivity contribution in [1.29, 1.82) is 0 Å². The van der Waals surface area contributed by atoms with E-state index in [1.807, 2.05) is 25.1 Å². The van der Waals surface area contributed by atoms with Gasteiger partial charge in [0.25, 0.3) is 0 Å². The Morgan fingerprint density at radius 2 is 1.80 bits per heavy atom. The van der Waals surface area contributed by atoms with Gasteiger partial charge in [0.15, 0.2) is 0 Å². The number of rotatable bonds is 4. The highest BCUT2D eigenvalue weighted by atomic mass is 16.5. The van der Waals surface area contributed by atoms with Crippen molar-refractivity contribution in [2.75, 3.05) is 7.11 Å². The Kier molecular flexibility index (Phi) is 5.98. The molecule has 5 heteroatoms. The van der Waals surface area contributed by atoms with Crippen LogP contribution in [-0.4, -0.2) is 35.9 Å². The van der Waals surface area contributed by atoms with Gasteiger partial charge in [0, 0.05) is 11.8 Å². The molecule has 2 fully saturated rings. The molecule has 0 heterocycles. The van der Waals surface area contributed by atoms with Gasteiger partial charge < -0.3 is 14.6 Å². The highest BCUT2D eigenvalue weighted by molar-refractivity contribution is 5.89. The molecule has 0 bridgehead atoms. The summed E-state index contributed by atoms with van der Waals surface area (Å²) in [4.78, 5) is 25.0. The first kappa shape index (κ1) is 24.3. The molecule has 0 radical (unpaired) electrons. The van der Waals surface area contributed by atoms with Crippen LogP contribution < -0.4 is 0 Å². The third kappa shape index (κ3) is 3.69. The number of fused-ring (bicyclic) bond motifs is 5. The lowest BCUT2D eigenvalue weighted by Gasteiger charge is -2.57. The van der Waals surface area contributed by atoms with Crippen molar-refractivity contribution < 1.29 is 24.2 Å². The molecular formula is C30H38O5. The minimum Gasteiger partial charge on any atom is -0.469 e. The molecule has 5 nitrogen and oxygen atoms in total. The highest BCUT2D eigenvalue weighted by Crippen LogP contribution is 2.65. The molecule has 2 saturated carbocycles. The molecule has 4 aliphatic rings. The second-order valence-electron chi connectivity index (χ2n) is 11.7. The Labute approximate surface area is 208 Å². The molecule has 1 aromatic rings. The summed E-state index contributed by atoms with van der Waals surface area (Å²) in [5.41, 5.74) is 1.94. The van der Waals surface area contributed by atoms with Crippen molar-refractivity contribution in [3.63, 3.8) is 0 Å². The first-order valence-corrected chi connectivity index (χ1v) is 13.1. The zero-order chi connectivity index (χ0) is 25.0. The highest BCUT2D eigenvalue weighted by Gasteiger charge is 2.60. The van der Waals surface area contributed by atoms with Crippen LogP contribution in [0.2, 0.25) is 0 Å². The number of aliphatic hydroxyl groups is 1. The van der Waals surface area contributed by atoms with Gasteiger partial charge in [-0.05, 0) is 79.1 Å². The minimum atomic E-state index is -0.937. The van der Waals surface area contributed by atoms with E-state index in [0.717, 1.165) is 32.1 Å². The van der Waals surface area contributed by atoms with Crippen LogP contribution in [0, 0.1) is 28.6 Å². The Hall–Kier alpha value is -2.40. The molecule has 35 heavy (non-hydrogen) atoms. The first-order valence-electron chi connectivity index (χ1n) is 13.1. The van der Waals surface area contributed by atoms with Gasteiger partial charge in [-0.25, -0.2) is 4.79 Å². The zero-order valence-corrected chi connectivity index (χ0v) is 21.4. The fraction of sp³-hybridized carbons (Fsp3) is 0.600. The average molecular weight is 479 g/mol. The molecule has 0 amide bonds. The smallest absolute Gasteiger partial charge is 0.338 e. The van der Waals surface area contributed by atoms with E-state index in [0.29, 0.717) is 30.2 Å². The van der Waals surface area contributed by atoms with E-state index < -0.39 is 5.60 Å². The van der Waals surface area contributed by atoms with Gasteiger partial charge in [-0.3, -0.25) is 4.79 Å². The summed E-state index contributed by atoms with van der Waals surface area (Å²) in [6.07, 6.45) is 9.86. The molecule has 7 atom stereocenters. The van der Waals surface area contributed by atoms with Crippen LogP contribution in [0.1, 0.15) is 76.1 Å². The van der Waals surface area contributed by atoms with E-state index in [2.05, 4.69) is 26.0 Å². The number of carbonyl (C=O) groups is 2. The summed E-state index contributed by atoms with van der Waals surface area (Å²) in [6.45, 7) is 6.55. The quantitative estimate of drug-likeness (QED) is 0.568. The van der Waals surface area contributed by atoms with E-state index in [4.69, 9.17) is 9.47 Å². The van der Waals surface area contributed by atoms with Crippen molar-refractivity contribution in [2.24, 2.45) is 28.6 Å². The molecule has 0 spiro atoms. The van der Waals surface area contributed by atoms with E-state index >= 15 is 0 Å². The summed E-state index contributed by atoms with van der Waals surface area (Å²) >= 11 is 0. The lowest BCUT2D eigenvalue weighted by Crippen LogP contribution is -2.56. The van der Waals surface area contributed by atoms with Gasteiger partial charge >= 0.3 is 11.9 Å². The van der Waals surface area contributed by atoms with Crippen LogP contribution >= 0.6 is 0 Å². The Morgan fingerprint density at radius 3 is 2.51 bits per heavy atom. The lowest BCUT2D eigenvalue weighted by molar-refractivity contribution is -0.148. The van der Waals surface area contributed by atoms with E-state index in [9.17, 15) is 14.7 Å². The van der Waals surface area contributed by atoms with Gasteiger partial charge in [0.05, 0.1) is 24.2 Å². The number of carbonyl (C=O) groups excluding carboxylic acids is 2. The minimum absolute atomic E-state index is 0.0250. The van der Waals surface area contributed by atoms with Crippen LogP contribution in [-0.2, 0) is 14.3 Å². The van der Waals surface area contributed by atoms with Gasteiger partial charge in [-0.1, -0.05) is 51.1 Å². The summed E-state index contributed by atoms with van der Waals surface area (Å²) < 4.78 is 10.9. The standard InChI is InChI=1S/C30H38O5/c1-19(26(31)34-4)23-10-11-24-22-13-17-30(33)18-21(35-27(32)20-8-6-5-7-9-20)12-16-29(30,3)25(22)14-15-28(23,24)2/h5-9,13-14,19,21,23-24,33H,10-12,15-18H2,1-4H3. The zero-order valence-electron chi connectivity index (χ0n) is 21.4. The van der Waals surface area contributed by atoms with Crippen molar-refractivity contribution in [1.82, 2.24) is 0 Å². The topological polar surface area (TPSA) is 72.8 Å². The molecule has 0 aliphatic heterocycles. The molecular weight excluding hydrogens is 440 g/mol. The number of esters is 2. The molecule has 188 valence electrons. The first-order chi connectivity index (χ1) is 16.6. The molecule has 0 saturated heterocycles. The predicted molar refractivity (Wildman–Crippen MR) is 133 cm³/mol. The second-order valence-corrected chi connectivity index (χ2v) is 11.7. The number of methoxy groups -OCH3 is 1. The lowest BCUT2D eigenvalue weighted by atomic mass is 9.50. The number of ether oxygens (including phenoxy) is 2. The third-order valence-corrected chi connectivity index (χ3v) is 10.1. The average Bonchev–Trinajstić information content (AvgIpc) is 3.21. The van der Waals surface area contributed by atoms with E-state index in [-0.39, 0.29) is 34.8 Å². The van der Waals surface area contributed by atoms with Crippen LogP contribution in [0.4, 0.5) is 0 Å². The monoisotopic (exact) mass is 478 g/mol. The van der Waals surface area contributed by atoms with E-state index in [1.165, 1.54) is 18.3 Å². The Morgan fingerprint density at radius 1 is 1.06 bits per heavy atom. The molecule has 0 aromatic heterocycles. The van der Waals surface area contributed by atoms with Crippen molar-refractivity contribution in [3.05, 3.63) is 59.2 Å². The maximum absolute atomic E-state index is 12.6. The maximum Gasteiger partial charge on any atom is 0.338 e. The van der Waals surface area contributed by atoms with Crippen LogP contribution in [0.15, 0.2) is 53.6 Å². The molecule has 1 aromatic carbocycles. The predicted octanol–water partition coefficient (Wildman–Crippen LogP) is 5.64. The molecule has 7 unspecified atom stereocenters. The molecule has 4 aliphatic carbocycles. The van der Waals surface area contributed by atoms with Gasteiger partial charge in [0.2, 0.25) is 0 Å². The van der Waals surface area contributed by atoms with E-state index in [1.54, 1.807) is 12.1 Å².